The smallest absolute Gasteiger partial charge is 0.410 e. The summed E-state index contributed by atoms with van der Waals surface area (Å²) >= 11 is 0. The largest absolute Gasteiger partial charge is 0.444 e. The fourth-order valence-electron chi connectivity index (χ4n) is 2.90. The molecule has 0 aliphatic rings. The number of ether oxygens (including phenoxy) is 1. The third-order valence-corrected chi connectivity index (χ3v) is 4.25. The molecule has 2 amide bonds. The molecule has 0 bridgehead atoms. The van der Waals surface area contributed by atoms with Crippen molar-refractivity contribution in [2.75, 3.05) is 12.4 Å². The number of aromatic nitrogens is 1. The normalized spacial score (nSPS) is 11.1. The van der Waals surface area contributed by atoms with Gasteiger partial charge < -0.3 is 19.4 Å². The van der Waals surface area contributed by atoms with Crippen molar-refractivity contribution in [1.82, 2.24) is 9.88 Å². The second-order valence-electron chi connectivity index (χ2n) is 8.27. The quantitative estimate of drug-likeness (QED) is 0.613. The average molecular weight is 421 g/mol. The van der Waals surface area contributed by atoms with E-state index in [0.717, 1.165) is 11.1 Å². The van der Waals surface area contributed by atoms with Crippen molar-refractivity contribution in [1.29, 1.82) is 0 Å². The van der Waals surface area contributed by atoms with Crippen LogP contribution < -0.4 is 5.32 Å². The van der Waals surface area contributed by atoms with E-state index in [1.807, 2.05) is 69.3 Å². The average Bonchev–Trinajstić information content (AvgIpc) is 3.16. The number of hydrogen-bond acceptors (Lipinski definition) is 5. The molecule has 0 spiro atoms. The summed E-state index contributed by atoms with van der Waals surface area (Å²) in [6, 6.07) is 16.9. The van der Waals surface area contributed by atoms with Gasteiger partial charge in [-0.25, -0.2) is 9.78 Å². The van der Waals surface area contributed by atoms with Gasteiger partial charge in [-0.05, 0) is 50.6 Å². The lowest BCUT2D eigenvalue weighted by molar-refractivity contribution is -0.115. The summed E-state index contributed by atoms with van der Waals surface area (Å²) in [5, 5.41) is 2.87. The van der Waals surface area contributed by atoms with Gasteiger partial charge in [-0.15, -0.1) is 0 Å². The van der Waals surface area contributed by atoms with Gasteiger partial charge in [0.1, 0.15) is 11.9 Å². The van der Waals surface area contributed by atoms with Gasteiger partial charge in [-0.2, -0.15) is 0 Å². The molecule has 7 nitrogen and oxygen atoms in total. The number of nitrogens with one attached hydrogen (secondary N) is 1. The SMILES string of the molecule is CN(Cc1cccc(NC(=O)Cc2coc(-c3ccccc3)n2)c1)C(=O)OC(C)(C)C. The number of carbonyl (C=O) groups is 2. The lowest BCUT2D eigenvalue weighted by Gasteiger charge is -2.24. The summed E-state index contributed by atoms with van der Waals surface area (Å²) in [4.78, 5) is 30.5. The number of carbonyl (C=O) groups excluding carboxylic acids is 2. The highest BCUT2D eigenvalue weighted by Gasteiger charge is 2.19. The van der Waals surface area contributed by atoms with Crippen LogP contribution in [-0.4, -0.2) is 34.5 Å². The minimum atomic E-state index is -0.553. The lowest BCUT2D eigenvalue weighted by atomic mass is 10.2. The van der Waals surface area contributed by atoms with E-state index < -0.39 is 11.7 Å². The monoisotopic (exact) mass is 421 g/mol. The molecule has 2 aromatic carbocycles. The van der Waals surface area contributed by atoms with Crippen molar-refractivity contribution >= 4 is 17.7 Å². The van der Waals surface area contributed by atoms with Crippen LogP contribution in [0.15, 0.2) is 65.3 Å². The highest BCUT2D eigenvalue weighted by Crippen LogP contribution is 2.19. The highest BCUT2D eigenvalue weighted by atomic mass is 16.6. The van der Waals surface area contributed by atoms with Crippen molar-refractivity contribution in [2.24, 2.45) is 0 Å². The molecule has 0 unspecified atom stereocenters. The van der Waals surface area contributed by atoms with Gasteiger partial charge in [0, 0.05) is 24.8 Å². The molecular formula is C24H27N3O4. The third-order valence-electron chi connectivity index (χ3n) is 4.25. The van der Waals surface area contributed by atoms with Crippen LogP contribution in [0.2, 0.25) is 0 Å². The molecule has 1 heterocycles. The minimum absolute atomic E-state index is 0.0956. The number of anilines is 1. The second-order valence-corrected chi connectivity index (χ2v) is 8.27. The first-order chi connectivity index (χ1) is 14.7. The van der Waals surface area contributed by atoms with E-state index in [9.17, 15) is 9.59 Å². The molecule has 0 atom stereocenters. The van der Waals surface area contributed by atoms with Gasteiger partial charge in [0.2, 0.25) is 11.8 Å². The van der Waals surface area contributed by atoms with E-state index in [2.05, 4.69) is 10.3 Å². The molecule has 7 heteroatoms. The van der Waals surface area contributed by atoms with Crippen molar-refractivity contribution in [3.63, 3.8) is 0 Å². The summed E-state index contributed by atoms with van der Waals surface area (Å²) in [7, 11) is 1.67. The molecule has 0 fully saturated rings. The predicted molar refractivity (Wildman–Crippen MR) is 118 cm³/mol. The number of amides is 2. The summed E-state index contributed by atoms with van der Waals surface area (Å²) < 4.78 is 10.8. The first kappa shape index (κ1) is 22.1. The van der Waals surface area contributed by atoms with E-state index in [4.69, 9.17) is 9.15 Å². The Morgan fingerprint density at radius 1 is 1.10 bits per heavy atom. The van der Waals surface area contributed by atoms with Crippen molar-refractivity contribution in [2.45, 2.75) is 39.3 Å². The van der Waals surface area contributed by atoms with Crippen LogP contribution in [0.3, 0.4) is 0 Å². The van der Waals surface area contributed by atoms with Crippen LogP contribution in [0.4, 0.5) is 10.5 Å². The number of nitrogens with zero attached hydrogens (tertiary/aromatic N) is 2. The molecule has 1 N–H and O–H groups in total. The van der Waals surface area contributed by atoms with Gasteiger partial charge in [0.15, 0.2) is 0 Å². The summed E-state index contributed by atoms with van der Waals surface area (Å²) in [5.74, 6) is 0.279. The third kappa shape index (κ3) is 6.70. The minimum Gasteiger partial charge on any atom is -0.444 e. The van der Waals surface area contributed by atoms with E-state index in [0.29, 0.717) is 23.8 Å². The first-order valence-corrected chi connectivity index (χ1v) is 10.0. The molecule has 0 aliphatic carbocycles. The summed E-state index contributed by atoms with van der Waals surface area (Å²) in [6.45, 7) is 5.84. The van der Waals surface area contributed by atoms with Crippen LogP contribution in [0, 0.1) is 0 Å². The van der Waals surface area contributed by atoms with E-state index >= 15 is 0 Å². The van der Waals surface area contributed by atoms with Crippen LogP contribution in [-0.2, 0) is 22.5 Å². The van der Waals surface area contributed by atoms with E-state index in [-0.39, 0.29) is 12.3 Å². The Kier molecular flexibility index (Phi) is 6.74. The molecule has 3 rings (SSSR count). The van der Waals surface area contributed by atoms with Gasteiger partial charge in [-0.1, -0.05) is 30.3 Å². The van der Waals surface area contributed by atoms with Crippen LogP contribution in [0.5, 0.6) is 0 Å². The Balaban J connectivity index is 1.57. The van der Waals surface area contributed by atoms with Crippen LogP contribution in [0.1, 0.15) is 32.0 Å². The van der Waals surface area contributed by atoms with Crippen LogP contribution in [0.25, 0.3) is 11.5 Å². The maximum absolute atomic E-state index is 12.4. The first-order valence-electron chi connectivity index (χ1n) is 10.0. The fourth-order valence-corrected chi connectivity index (χ4v) is 2.90. The predicted octanol–water partition coefficient (Wildman–Crippen LogP) is 4.89. The van der Waals surface area contributed by atoms with Gasteiger partial charge >= 0.3 is 6.09 Å². The summed E-state index contributed by atoms with van der Waals surface area (Å²) in [6.07, 6.45) is 1.19. The Bertz CT molecular complexity index is 1040. The zero-order valence-corrected chi connectivity index (χ0v) is 18.2. The summed E-state index contributed by atoms with van der Waals surface area (Å²) in [5.41, 5.74) is 2.38. The molecule has 0 saturated heterocycles. The zero-order valence-electron chi connectivity index (χ0n) is 18.2. The zero-order chi connectivity index (χ0) is 22.4. The molecule has 1 aromatic heterocycles. The molecule has 31 heavy (non-hydrogen) atoms. The van der Waals surface area contributed by atoms with Crippen molar-refractivity contribution < 1.29 is 18.7 Å². The molecule has 3 aromatic rings. The Labute approximate surface area is 182 Å². The molecule has 0 aliphatic heterocycles. The topological polar surface area (TPSA) is 84.7 Å². The van der Waals surface area contributed by atoms with Gasteiger partial charge in [0.05, 0.1) is 12.1 Å². The van der Waals surface area contributed by atoms with Gasteiger partial charge in [-0.3, -0.25) is 4.79 Å². The number of hydrogen-bond donors (Lipinski definition) is 1. The maximum atomic E-state index is 12.4. The van der Waals surface area contributed by atoms with Crippen molar-refractivity contribution in [3.8, 4) is 11.5 Å². The number of oxazole rings is 1. The highest BCUT2D eigenvalue weighted by molar-refractivity contribution is 5.92. The molecule has 0 saturated carbocycles. The molecule has 0 radical (unpaired) electrons. The lowest BCUT2D eigenvalue weighted by Crippen LogP contribution is -2.33. The molecular weight excluding hydrogens is 394 g/mol. The Hall–Kier alpha value is -3.61. The Morgan fingerprint density at radius 3 is 2.55 bits per heavy atom. The maximum Gasteiger partial charge on any atom is 0.410 e. The van der Waals surface area contributed by atoms with E-state index in [1.54, 1.807) is 13.1 Å². The second kappa shape index (κ2) is 9.47. The number of rotatable bonds is 6. The standard InChI is InChI=1S/C24H27N3O4/c1-24(2,3)31-23(29)27(4)15-17-9-8-12-19(13-17)25-21(28)14-20-16-30-22(26-20)18-10-6-5-7-11-18/h5-13,16H,14-15H2,1-4H3,(H,25,28). The fraction of sp³-hybridized carbons (Fsp3) is 0.292. The van der Waals surface area contributed by atoms with Crippen LogP contribution >= 0.6 is 0 Å². The van der Waals surface area contributed by atoms with Gasteiger partial charge in [0.25, 0.3) is 0 Å². The molecule has 162 valence electrons. The number of benzene rings is 2. The Morgan fingerprint density at radius 2 is 1.84 bits per heavy atom. The van der Waals surface area contributed by atoms with E-state index in [1.165, 1.54) is 11.2 Å². The van der Waals surface area contributed by atoms with Crippen molar-refractivity contribution in [3.05, 3.63) is 72.1 Å².